The Bertz CT molecular complexity index is 886. The molecule has 4 rings (SSSR count). The molecule has 8 heteroatoms. The average molecular weight is 396 g/mol. The topological polar surface area (TPSA) is 79.2 Å². The molecular formula is C18H19ClNO5P. The summed E-state index contributed by atoms with van der Waals surface area (Å²) in [4.78, 5) is 20.2. The van der Waals surface area contributed by atoms with Gasteiger partial charge in [0, 0.05) is 35.5 Å². The maximum Gasteiger partial charge on any atom is 0.471 e. The van der Waals surface area contributed by atoms with Crippen molar-refractivity contribution in [2.24, 2.45) is 0 Å². The van der Waals surface area contributed by atoms with Gasteiger partial charge in [0.05, 0.1) is 0 Å². The van der Waals surface area contributed by atoms with Crippen molar-refractivity contribution in [3.63, 3.8) is 0 Å². The summed E-state index contributed by atoms with van der Waals surface area (Å²) in [7, 11) is -4.55. The fourth-order valence-electron chi connectivity index (χ4n) is 3.93. The van der Waals surface area contributed by atoms with Gasteiger partial charge in [-0.3, -0.25) is 9.42 Å². The zero-order valence-electron chi connectivity index (χ0n) is 14.1. The van der Waals surface area contributed by atoms with E-state index >= 15 is 0 Å². The molecule has 0 spiro atoms. The van der Waals surface area contributed by atoms with Gasteiger partial charge in [-0.2, -0.15) is 0 Å². The highest BCUT2D eigenvalue weighted by Gasteiger charge is 2.42. The molecule has 1 saturated heterocycles. The van der Waals surface area contributed by atoms with E-state index < -0.39 is 14.1 Å². The molecule has 0 radical (unpaired) electrons. The van der Waals surface area contributed by atoms with Crippen LogP contribution in [-0.4, -0.2) is 34.0 Å². The summed E-state index contributed by atoms with van der Waals surface area (Å²) >= 11 is 6.22. The van der Waals surface area contributed by atoms with Crippen molar-refractivity contribution in [3.8, 4) is 11.5 Å². The second kappa shape index (κ2) is 6.64. The van der Waals surface area contributed by atoms with E-state index in [9.17, 15) is 4.57 Å². The van der Waals surface area contributed by atoms with Crippen LogP contribution in [0, 0.1) is 0 Å². The largest absolute Gasteiger partial charge is 0.471 e. The van der Waals surface area contributed by atoms with Crippen LogP contribution in [0.1, 0.15) is 29.9 Å². The Balaban J connectivity index is 1.74. The molecule has 3 atom stereocenters. The molecule has 2 aliphatic rings. The first-order chi connectivity index (χ1) is 12.3. The van der Waals surface area contributed by atoms with E-state index in [2.05, 4.69) is 0 Å². The van der Waals surface area contributed by atoms with Gasteiger partial charge < -0.3 is 14.5 Å². The van der Waals surface area contributed by atoms with E-state index in [0.29, 0.717) is 18.1 Å². The first-order valence-electron chi connectivity index (χ1n) is 8.36. The molecule has 0 saturated carbocycles. The number of fused-ring (bicyclic) bond motifs is 5. The van der Waals surface area contributed by atoms with Crippen LogP contribution in [0.2, 0.25) is 5.02 Å². The standard InChI is InChI=1S/C18H19ClNO5P/c1-11(25-26(21,22)23)20-9-15-13-4-2-3-5-17(13)24-18-7-6-12(19)8-14(18)16(15)10-20/h2-8,11,15-16H,9-10H2,1H3,(H2,21,22,23). The highest BCUT2D eigenvalue weighted by Crippen LogP contribution is 2.51. The number of halogens is 1. The Labute approximate surface area is 156 Å². The van der Waals surface area contributed by atoms with Crippen LogP contribution in [0.15, 0.2) is 42.5 Å². The molecule has 0 bridgehead atoms. The summed E-state index contributed by atoms with van der Waals surface area (Å²) in [5, 5.41) is 0.634. The summed E-state index contributed by atoms with van der Waals surface area (Å²) in [6.07, 6.45) is -0.696. The zero-order valence-corrected chi connectivity index (χ0v) is 15.7. The normalized spacial score (nSPS) is 23.4. The zero-order chi connectivity index (χ0) is 18.5. The lowest BCUT2D eigenvalue weighted by Crippen LogP contribution is -2.32. The summed E-state index contributed by atoms with van der Waals surface area (Å²) in [5.41, 5.74) is 2.08. The summed E-state index contributed by atoms with van der Waals surface area (Å²) in [6.45, 7) is 2.86. The van der Waals surface area contributed by atoms with E-state index in [0.717, 1.165) is 22.6 Å². The molecule has 0 aliphatic carbocycles. The minimum atomic E-state index is -4.55. The van der Waals surface area contributed by atoms with Crippen molar-refractivity contribution in [2.45, 2.75) is 25.0 Å². The Morgan fingerprint density at radius 3 is 2.54 bits per heavy atom. The van der Waals surface area contributed by atoms with E-state index in [1.807, 2.05) is 41.3 Å². The Hall–Kier alpha value is -1.40. The molecular weight excluding hydrogens is 377 g/mol. The van der Waals surface area contributed by atoms with Crippen LogP contribution >= 0.6 is 19.4 Å². The third-order valence-corrected chi connectivity index (χ3v) is 5.88. The van der Waals surface area contributed by atoms with Crippen molar-refractivity contribution in [3.05, 3.63) is 58.6 Å². The fourth-order valence-corrected chi connectivity index (χ4v) is 4.64. The summed E-state index contributed by atoms with van der Waals surface area (Å²) in [5.74, 6) is 1.78. The van der Waals surface area contributed by atoms with Crippen LogP contribution in [-0.2, 0) is 9.09 Å². The van der Waals surface area contributed by atoms with Crippen LogP contribution in [0.25, 0.3) is 0 Å². The molecule has 138 valence electrons. The second-order valence-electron chi connectivity index (χ2n) is 6.68. The van der Waals surface area contributed by atoms with Crippen LogP contribution in [0.3, 0.4) is 0 Å². The maximum atomic E-state index is 11.2. The van der Waals surface area contributed by atoms with Gasteiger partial charge in [-0.25, -0.2) is 4.57 Å². The van der Waals surface area contributed by atoms with Crippen LogP contribution in [0.5, 0.6) is 11.5 Å². The van der Waals surface area contributed by atoms with Gasteiger partial charge in [-0.05, 0) is 36.8 Å². The lowest BCUT2D eigenvalue weighted by molar-refractivity contribution is 0.0297. The minimum Gasteiger partial charge on any atom is -0.457 e. The SMILES string of the molecule is CC(OP(=O)(O)O)N1CC2c3ccccc3Oc3ccc(Cl)cc3C2C1. The number of hydrogen-bond donors (Lipinski definition) is 2. The monoisotopic (exact) mass is 395 g/mol. The fraction of sp³-hybridized carbons (Fsp3) is 0.333. The van der Waals surface area contributed by atoms with Crippen LogP contribution in [0.4, 0.5) is 0 Å². The first-order valence-corrected chi connectivity index (χ1v) is 10.3. The number of benzene rings is 2. The number of phosphoric acid groups is 1. The third-order valence-electron chi connectivity index (χ3n) is 5.06. The second-order valence-corrected chi connectivity index (χ2v) is 8.31. The third kappa shape index (κ3) is 3.41. The smallest absolute Gasteiger partial charge is 0.457 e. The van der Waals surface area contributed by atoms with Crippen molar-refractivity contribution in [2.75, 3.05) is 13.1 Å². The highest BCUT2D eigenvalue weighted by molar-refractivity contribution is 7.46. The lowest BCUT2D eigenvalue weighted by Gasteiger charge is -2.25. The van der Waals surface area contributed by atoms with Gasteiger partial charge in [-0.15, -0.1) is 0 Å². The van der Waals surface area contributed by atoms with Crippen molar-refractivity contribution >= 4 is 19.4 Å². The molecule has 2 aromatic carbocycles. The predicted molar refractivity (Wildman–Crippen MR) is 97.6 cm³/mol. The number of ether oxygens (including phenoxy) is 1. The van der Waals surface area contributed by atoms with E-state index in [-0.39, 0.29) is 11.8 Å². The van der Waals surface area contributed by atoms with E-state index in [4.69, 9.17) is 30.6 Å². The molecule has 2 aliphatic heterocycles. The minimum absolute atomic E-state index is 0.0928. The number of hydrogen-bond acceptors (Lipinski definition) is 4. The van der Waals surface area contributed by atoms with Gasteiger partial charge in [0.25, 0.3) is 0 Å². The predicted octanol–water partition coefficient (Wildman–Crippen LogP) is 4.08. The average Bonchev–Trinajstić information content (AvgIpc) is 2.96. The molecule has 6 nitrogen and oxygen atoms in total. The van der Waals surface area contributed by atoms with Crippen molar-refractivity contribution in [1.29, 1.82) is 0 Å². The number of rotatable bonds is 3. The van der Waals surface area contributed by atoms with E-state index in [1.165, 1.54) is 0 Å². The summed E-state index contributed by atoms with van der Waals surface area (Å²) in [6, 6.07) is 13.5. The molecule has 2 aromatic rings. The van der Waals surface area contributed by atoms with Gasteiger partial charge >= 0.3 is 7.82 Å². The van der Waals surface area contributed by atoms with Crippen molar-refractivity contribution < 1.29 is 23.6 Å². The number of likely N-dealkylation sites (tertiary alicyclic amines) is 1. The maximum absolute atomic E-state index is 11.2. The lowest BCUT2D eigenvalue weighted by atomic mass is 9.84. The number of para-hydroxylation sites is 1. The molecule has 0 amide bonds. The molecule has 3 unspecified atom stereocenters. The molecule has 0 aromatic heterocycles. The number of nitrogens with zero attached hydrogens (tertiary/aromatic N) is 1. The number of phosphoric ester groups is 1. The Morgan fingerprint density at radius 2 is 1.81 bits per heavy atom. The van der Waals surface area contributed by atoms with Crippen molar-refractivity contribution in [1.82, 2.24) is 4.90 Å². The first kappa shape index (κ1) is 18.0. The van der Waals surface area contributed by atoms with Gasteiger partial charge in [0.2, 0.25) is 0 Å². The Kier molecular flexibility index (Phi) is 4.59. The summed E-state index contributed by atoms with van der Waals surface area (Å²) < 4.78 is 22.2. The molecule has 1 fully saturated rings. The van der Waals surface area contributed by atoms with Gasteiger partial charge in [0.15, 0.2) is 0 Å². The molecule has 2 heterocycles. The van der Waals surface area contributed by atoms with Crippen LogP contribution < -0.4 is 4.74 Å². The van der Waals surface area contributed by atoms with E-state index in [1.54, 1.807) is 13.0 Å². The molecule has 26 heavy (non-hydrogen) atoms. The van der Waals surface area contributed by atoms with Gasteiger partial charge in [-0.1, -0.05) is 29.8 Å². The quantitative estimate of drug-likeness (QED) is 0.762. The highest BCUT2D eigenvalue weighted by atomic mass is 35.5. The molecule has 2 N–H and O–H groups in total. The van der Waals surface area contributed by atoms with Gasteiger partial charge in [0.1, 0.15) is 17.7 Å². The Morgan fingerprint density at radius 1 is 1.15 bits per heavy atom.